The van der Waals surface area contributed by atoms with Gasteiger partial charge in [-0.2, -0.15) is 13.2 Å². The van der Waals surface area contributed by atoms with Gasteiger partial charge in [-0.3, -0.25) is 15.1 Å². The van der Waals surface area contributed by atoms with Gasteiger partial charge in [0.2, 0.25) is 17.7 Å². The highest BCUT2D eigenvalue weighted by molar-refractivity contribution is 5.91. The summed E-state index contributed by atoms with van der Waals surface area (Å²) in [6.07, 6.45) is -1.57. The van der Waals surface area contributed by atoms with E-state index in [0.717, 1.165) is 12.8 Å². The standard InChI is InChI=1S/C21H19F4N5O2/c1-9(18(31)27-20-28-19(29-30-20)21(23,24)25)17-12-7-11(8-13(12)17)32-16-4-5-26-15-3-2-10(22)6-14(15)16/h2-6,9,11-13,17H,7-8H2,1H3,(H2,27,28,29,30,31)/t9?,11-,12-,13+,17+. The Hall–Kier alpha value is -3.24. The summed E-state index contributed by atoms with van der Waals surface area (Å²) in [5.74, 6) is -1.43. The van der Waals surface area contributed by atoms with Crippen LogP contribution in [0.3, 0.4) is 0 Å². The molecule has 0 bridgehead atoms. The van der Waals surface area contributed by atoms with Crippen LogP contribution in [0.5, 0.6) is 5.75 Å². The molecule has 168 valence electrons. The Kier molecular flexibility index (Phi) is 4.79. The minimum atomic E-state index is -4.66. The molecule has 2 aliphatic carbocycles. The Morgan fingerprint density at radius 1 is 1.22 bits per heavy atom. The van der Waals surface area contributed by atoms with E-state index in [1.165, 1.54) is 12.1 Å². The van der Waals surface area contributed by atoms with Crippen LogP contribution in [-0.2, 0) is 11.0 Å². The van der Waals surface area contributed by atoms with Gasteiger partial charge in [0.05, 0.1) is 11.6 Å². The molecule has 1 aromatic carbocycles. The molecule has 2 N–H and O–H groups in total. The number of anilines is 1. The number of carbonyl (C=O) groups is 1. The first-order valence-electron chi connectivity index (χ1n) is 10.2. The average molecular weight is 449 g/mol. The molecule has 5 rings (SSSR count). The maximum Gasteiger partial charge on any atom is 0.451 e. The van der Waals surface area contributed by atoms with Crippen molar-refractivity contribution in [2.45, 2.75) is 32.0 Å². The number of amides is 1. The second kappa shape index (κ2) is 7.42. The topological polar surface area (TPSA) is 92.8 Å². The Bertz CT molecular complexity index is 1170. The molecule has 1 unspecified atom stereocenters. The van der Waals surface area contributed by atoms with Crippen molar-refractivity contribution in [3.63, 3.8) is 0 Å². The van der Waals surface area contributed by atoms with Crippen molar-refractivity contribution in [1.82, 2.24) is 20.2 Å². The molecule has 0 aliphatic heterocycles. The molecule has 11 heteroatoms. The molecule has 2 aromatic heterocycles. The van der Waals surface area contributed by atoms with Crippen molar-refractivity contribution in [2.24, 2.45) is 23.7 Å². The number of fused-ring (bicyclic) bond motifs is 2. The summed E-state index contributed by atoms with van der Waals surface area (Å²) >= 11 is 0. The number of nitrogens with one attached hydrogen (secondary N) is 2. The van der Waals surface area contributed by atoms with Crippen LogP contribution in [-0.4, -0.2) is 32.2 Å². The van der Waals surface area contributed by atoms with Gasteiger partial charge in [0.15, 0.2) is 0 Å². The van der Waals surface area contributed by atoms with E-state index in [4.69, 9.17) is 4.74 Å². The van der Waals surface area contributed by atoms with E-state index in [9.17, 15) is 22.4 Å². The fourth-order valence-electron chi connectivity index (χ4n) is 4.91. The van der Waals surface area contributed by atoms with E-state index in [2.05, 4.69) is 20.5 Å². The minimum Gasteiger partial charge on any atom is -0.490 e. The normalized spacial score (nSPS) is 25.4. The lowest BCUT2D eigenvalue weighted by Crippen LogP contribution is -2.26. The Labute approximate surface area is 179 Å². The van der Waals surface area contributed by atoms with Gasteiger partial charge in [0.25, 0.3) is 0 Å². The number of hydrogen-bond donors (Lipinski definition) is 2. The van der Waals surface area contributed by atoms with Crippen molar-refractivity contribution in [3.8, 4) is 5.75 Å². The van der Waals surface area contributed by atoms with Crippen molar-refractivity contribution in [1.29, 1.82) is 0 Å². The zero-order valence-electron chi connectivity index (χ0n) is 16.9. The van der Waals surface area contributed by atoms with Crippen LogP contribution in [0.15, 0.2) is 30.5 Å². The number of H-pyrrole nitrogens is 1. The molecule has 2 fully saturated rings. The Morgan fingerprint density at radius 2 is 1.97 bits per heavy atom. The van der Waals surface area contributed by atoms with Gasteiger partial charge >= 0.3 is 6.18 Å². The van der Waals surface area contributed by atoms with Crippen LogP contribution in [0.4, 0.5) is 23.5 Å². The molecule has 3 aromatic rings. The van der Waals surface area contributed by atoms with Crippen molar-refractivity contribution in [2.75, 3.05) is 5.32 Å². The highest BCUT2D eigenvalue weighted by atomic mass is 19.4. The van der Waals surface area contributed by atoms with Crippen LogP contribution in [0.2, 0.25) is 0 Å². The highest BCUT2D eigenvalue weighted by Crippen LogP contribution is 2.61. The summed E-state index contributed by atoms with van der Waals surface area (Å²) in [4.78, 5) is 18.7. The SMILES string of the molecule is CC(C(=O)Nc1nnc(C(F)(F)F)[nH]1)[C@H]1[C@@H]2C[C@@H](Oc3ccnc4ccc(F)cc34)C[C@@H]21. The molecule has 2 heterocycles. The van der Waals surface area contributed by atoms with Crippen molar-refractivity contribution in [3.05, 3.63) is 42.1 Å². The quantitative estimate of drug-likeness (QED) is 0.570. The maximum absolute atomic E-state index is 13.6. The van der Waals surface area contributed by atoms with Crippen LogP contribution < -0.4 is 10.1 Å². The Balaban J connectivity index is 1.18. The van der Waals surface area contributed by atoms with Crippen molar-refractivity contribution >= 4 is 22.8 Å². The zero-order valence-corrected chi connectivity index (χ0v) is 16.9. The monoisotopic (exact) mass is 449 g/mol. The molecule has 2 saturated carbocycles. The third-order valence-corrected chi connectivity index (χ3v) is 6.41. The van der Waals surface area contributed by atoms with Gasteiger partial charge in [-0.1, -0.05) is 6.92 Å². The lowest BCUT2D eigenvalue weighted by molar-refractivity contribution is -0.144. The average Bonchev–Trinajstić information content (AvgIpc) is 3.08. The number of aromatic amines is 1. The molecular formula is C21H19F4N5O2. The molecular weight excluding hydrogens is 430 g/mol. The fourth-order valence-corrected chi connectivity index (χ4v) is 4.91. The molecule has 7 nitrogen and oxygen atoms in total. The summed E-state index contributed by atoms with van der Waals surface area (Å²) in [5.41, 5.74) is 0.649. The minimum absolute atomic E-state index is 0.0472. The number of hydrogen-bond acceptors (Lipinski definition) is 5. The van der Waals surface area contributed by atoms with Gasteiger partial charge in [0, 0.05) is 17.5 Å². The van der Waals surface area contributed by atoms with E-state index in [-0.39, 0.29) is 29.7 Å². The zero-order chi connectivity index (χ0) is 22.6. The van der Waals surface area contributed by atoms with Gasteiger partial charge in [0.1, 0.15) is 11.6 Å². The number of ether oxygens (including phenoxy) is 1. The Morgan fingerprint density at radius 3 is 2.66 bits per heavy atom. The lowest BCUT2D eigenvalue weighted by Gasteiger charge is -2.20. The fraction of sp³-hybridized carbons (Fsp3) is 0.429. The third-order valence-electron chi connectivity index (χ3n) is 6.41. The number of carbonyl (C=O) groups excluding carboxylic acids is 1. The second-order valence-electron chi connectivity index (χ2n) is 8.38. The van der Waals surface area contributed by atoms with Gasteiger partial charge in [-0.15, -0.1) is 10.2 Å². The van der Waals surface area contributed by atoms with E-state index in [0.29, 0.717) is 28.5 Å². The third kappa shape index (κ3) is 3.76. The van der Waals surface area contributed by atoms with E-state index in [1.807, 2.05) is 4.98 Å². The predicted octanol–water partition coefficient (Wildman–Crippen LogP) is 4.19. The lowest BCUT2D eigenvalue weighted by atomic mass is 9.97. The molecule has 0 radical (unpaired) electrons. The molecule has 1 amide bonds. The van der Waals surface area contributed by atoms with Crippen LogP contribution in [0, 0.1) is 29.5 Å². The van der Waals surface area contributed by atoms with Crippen molar-refractivity contribution < 1.29 is 27.1 Å². The summed E-state index contributed by atoms with van der Waals surface area (Å²) in [6, 6.07) is 6.07. The van der Waals surface area contributed by atoms with E-state index >= 15 is 0 Å². The van der Waals surface area contributed by atoms with E-state index in [1.54, 1.807) is 25.3 Å². The predicted molar refractivity (Wildman–Crippen MR) is 105 cm³/mol. The largest absolute Gasteiger partial charge is 0.490 e. The molecule has 2 aliphatic rings. The molecule has 5 atom stereocenters. The number of benzene rings is 1. The first-order valence-corrected chi connectivity index (χ1v) is 10.2. The molecule has 0 saturated heterocycles. The summed E-state index contributed by atoms with van der Waals surface area (Å²) in [6.45, 7) is 1.76. The van der Waals surface area contributed by atoms with Crippen LogP contribution in [0.25, 0.3) is 10.9 Å². The first kappa shape index (κ1) is 20.7. The highest BCUT2D eigenvalue weighted by Gasteiger charge is 2.59. The number of rotatable bonds is 5. The smallest absolute Gasteiger partial charge is 0.451 e. The molecule has 0 spiro atoms. The number of nitrogens with zero attached hydrogens (tertiary/aromatic N) is 3. The number of pyridine rings is 1. The number of halogens is 4. The maximum atomic E-state index is 13.6. The summed E-state index contributed by atoms with van der Waals surface area (Å²) in [7, 11) is 0. The van der Waals surface area contributed by atoms with E-state index < -0.39 is 17.9 Å². The van der Waals surface area contributed by atoms with Crippen LogP contribution in [0.1, 0.15) is 25.6 Å². The number of aromatic nitrogens is 4. The summed E-state index contributed by atoms with van der Waals surface area (Å²) < 4.78 is 57.6. The summed E-state index contributed by atoms with van der Waals surface area (Å²) in [5, 5.41) is 9.34. The van der Waals surface area contributed by atoms with Gasteiger partial charge < -0.3 is 9.72 Å². The van der Waals surface area contributed by atoms with Crippen LogP contribution >= 0.6 is 0 Å². The van der Waals surface area contributed by atoms with Gasteiger partial charge in [-0.25, -0.2) is 4.39 Å². The molecule has 32 heavy (non-hydrogen) atoms. The van der Waals surface area contributed by atoms with Gasteiger partial charge in [-0.05, 0) is 54.9 Å². The second-order valence-corrected chi connectivity index (χ2v) is 8.38. The first-order chi connectivity index (χ1) is 15.2. The number of alkyl halides is 3.